The highest BCUT2D eigenvalue weighted by Gasteiger charge is 2.27. The molecule has 3 heterocycles. The van der Waals surface area contributed by atoms with Crippen molar-refractivity contribution in [2.45, 2.75) is 19.1 Å². The van der Waals surface area contributed by atoms with E-state index in [0.29, 0.717) is 60.3 Å². The van der Waals surface area contributed by atoms with Gasteiger partial charge in [-0.3, -0.25) is 4.98 Å². The van der Waals surface area contributed by atoms with Gasteiger partial charge in [0.15, 0.2) is 23.1 Å². The number of amides is 2. The van der Waals surface area contributed by atoms with Gasteiger partial charge in [-0.25, -0.2) is 13.6 Å². The summed E-state index contributed by atoms with van der Waals surface area (Å²) in [6, 6.07) is 12.7. The van der Waals surface area contributed by atoms with E-state index in [-0.39, 0.29) is 29.9 Å². The minimum atomic E-state index is -0.687. The summed E-state index contributed by atoms with van der Waals surface area (Å²) in [4.78, 5) is 16.7. The van der Waals surface area contributed by atoms with E-state index in [1.165, 1.54) is 24.3 Å². The first-order valence-electron chi connectivity index (χ1n) is 12.8. The molecule has 0 saturated carbocycles. The lowest BCUT2D eigenvalue weighted by molar-refractivity contribution is 0.128. The Balaban J connectivity index is 1.20. The maximum absolute atomic E-state index is 15.1. The molecule has 2 N–H and O–H groups in total. The Bertz CT molecular complexity index is 1540. The molecule has 0 radical (unpaired) electrons. The van der Waals surface area contributed by atoms with Gasteiger partial charge in [-0.1, -0.05) is 12.1 Å². The fourth-order valence-corrected chi connectivity index (χ4v) is 4.47. The Morgan fingerprint density at radius 1 is 0.950 bits per heavy atom. The molecule has 11 heteroatoms. The second-order valence-electron chi connectivity index (χ2n) is 9.22. The van der Waals surface area contributed by atoms with Crippen LogP contribution in [0.5, 0.6) is 28.7 Å². The monoisotopic (exact) mass is 549 g/mol. The predicted octanol–water partition coefficient (Wildman–Crippen LogP) is 5.57. The van der Waals surface area contributed by atoms with Gasteiger partial charge in [-0.2, -0.15) is 0 Å². The summed E-state index contributed by atoms with van der Waals surface area (Å²) >= 11 is 0. The van der Waals surface area contributed by atoms with Gasteiger partial charge in [0.2, 0.25) is 5.75 Å². The van der Waals surface area contributed by atoms with E-state index < -0.39 is 11.8 Å². The first-order chi connectivity index (χ1) is 19.5. The zero-order chi connectivity index (χ0) is 27.5. The summed E-state index contributed by atoms with van der Waals surface area (Å²) in [5.41, 5.74) is 1.49. The van der Waals surface area contributed by atoms with Crippen molar-refractivity contribution in [1.82, 2.24) is 10.3 Å². The fraction of sp³-hybridized carbons (Fsp3) is 0.241. The van der Waals surface area contributed by atoms with Gasteiger partial charge in [0.05, 0.1) is 24.1 Å². The van der Waals surface area contributed by atoms with Crippen LogP contribution in [-0.2, 0) is 11.3 Å². The zero-order valence-corrected chi connectivity index (χ0v) is 21.2. The van der Waals surface area contributed by atoms with Crippen molar-refractivity contribution in [3.05, 3.63) is 78.0 Å². The van der Waals surface area contributed by atoms with Crippen molar-refractivity contribution >= 4 is 22.6 Å². The van der Waals surface area contributed by atoms with Crippen LogP contribution in [0.15, 0.2) is 60.8 Å². The minimum Gasteiger partial charge on any atom is -0.485 e. The smallest absolute Gasteiger partial charge is 0.319 e. The molecule has 2 aliphatic heterocycles. The average Bonchev–Trinajstić information content (AvgIpc) is 3.47. The molecule has 0 spiro atoms. The van der Waals surface area contributed by atoms with Crippen LogP contribution >= 0.6 is 0 Å². The number of anilines is 1. The minimum absolute atomic E-state index is 0.0568. The highest BCUT2D eigenvalue weighted by Crippen LogP contribution is 2.49. The van der Waals surface area contributed by atoms with Crippen LogP contribution < -0.4 is 29.6 Å². The molecule has 0 bridgehead atoms. The van der Waals surface area contributed by atoms with E-state index in [4.69, 9.17) is 23.7 Å². The van der Waals surface area contributed by atoms with Crippen LogP contribution in [0.25, 0.3) is 10.9 Å². The summed E-state index contributed by atoms with van der Waals surface area (Å²) < 4.78 is 57.5. The van der Waals surface area contributed by atoms with Gasteiger partial charge < -0.3 is 34.3 Å². The molecule has 1 atom stereocenters. The van der Waals surface area contributed by atoms with E-state index in [1.54, 1.807) is 30.5 Å². The SMILES string of the molecule is O=C(NCc1ccc(F)cc1)Nc1ccc(Oc2ccnc3cc(OC4CCOC4)c4c(c23)OCCO4)c(F)c1. The maximum atomic E-state index is 15.1. The zero-order valence-electron chi connectivity index (χ0n) is 21.2. The molecule has 6 rings (SSSR count). The summed E-state index contributed by atoms with van der Waals surface area (Å²) in [5, 5.41) is 5.74. The van der Waals surface area contributed by atoms with Gasteiger partial charge in [0, 0.05) is 37.0 Å². The molecule has 4 aromatic rings. The Morgan fingerprint density at radius 2 is 1.77 bits per heavy atom. The molecule has 40 heavy (non-hydrogen) atoms. The molecule has 1 aromatic heterocycles. The number of hydrogen-bond acceptors (Lipinski definition) is 7. The van der Waals surface area contributed by atoms with Crippen molar-refractivity contribution in [1.29, 1.82) is 0 Å². The standard InChI is InChI=1S/C29H25F2N3O6/c30-18-3-1-17(2-4-18)15-33-29(35)34-19-5-6-23(21(31)13-19)40-24-7-9-32-22-14-25(39-20-8-10-36-16-20)27-28(26(22)24)38-12-11-37-27/h1-7,9,13-14,20H,8,10-12,15-16H2,(H2,33,34,35). The number of hydrogen-bond donors (Lipinski definition) is 2. The number of nitrogens with zero attached hydrogens (tertiary/aromatic N) is 1. The van der Waals surface area contributed by atoms with Crippen LogP contribution in [0, 0.1) is 11.6 Å². The number of benzene rings is 3. The molecule has 206 valence electrons. The lowest BCUT2D eigenvalue weighted by Gasteiger charge is -2.24. The number of carbonyl (C=O) groups excluding carboxylic acids is 1. The van der Waals surface area contributed by atoms with Crippen molar-refractivity contribution in [2.75, 3.05) is 31.7 Å². The molecule has 1 fully saturated rings. The quantitative estimate of drug-likeness (QED) is 0.311. The van der Waals surface area contributed by atoms with Gasteiger partial charge in [-0.15, -0.1) is 0 Å². The number of nitrogens with one attached hydrogen (secondary N) is 2. The van der Waals surface area contributed by atoms with Crippen LogP contribution in [-0.4, -0.2) is 43.5 Å². The number of pyridine rings is 1. The van der Waals surface area contributed by atoms with Crippen molar-refractivity contribution < 1.29 is 37.3 Å². The topological polar surface area (TPSA) is 100 Å². The second-order valence-corrected chi connectivity index (χ2v) is 9.22. The number of halogens is 2. The van der Waals surface area contributed by atoms with Crippen LogP contribution in [0.2, 0.25) is 0 Å². The number of fused-ring (bicyclic) bond motifs is 3. The lowest BCUT2D eigenvalue weighted by Crippen LogP contribution is -2.28. The fourth-order valence-electron chi connectivity index (χ4n) is 4.47. The first-order valence-corrected chi connectivity index (χ1v) is 12.8. The van der Waals surface area contributed by atoms with Gasteiger partial charge in [0.1, 0.15) is 30.9 Å². The summed E-state index contributed by atoms with van der Waals surface area (Å²) in [5.74, 6) is 0.570. The number of aromatic nitrogens is 1. The van der Waals surface area contributed by atoms with Crippen LogP contribution in [0.4, 0.5) is 19.3 Å². The summed E-state index contributed by atoms with van der Waals surface area (Å²) in [7, 11) is 0. The average molecular weight is 550 g/mol. The van der Waals surface area contributed by atoms with Crippen molar-refractivity contribution in [3.63, 3.8) is 0 Å². The molecule has 0 aliphatic carbocycles. The Labute approximate surface area is 228 Å². The molecular formula is C29H25F2N3O6. The van der Waals surface area contributed by atoms with Crippen LogP contribution in [0.1, 0.15) is 12.0 Å². The molecule has 2 aliphatic rings. The Hall–Kier alpha value is -4.64. The third-order valence-electron chi connectivity index (χ3n) is 6.40. The van der Waals surface area contributed by atoms with Crippen LogP contribution in [0.3, 0.4) is 0 Å². The first kappa shape index (κ1) is 25.6. The van der Waals surface area contributed by atoms with Gasteiger partial charge in [0.25, 0.3) is 0 Å². The van der Waals surface area contributed by atoms with E-state index in [9.17, 15) is 9.18 Å². The lowest BCUT2D eigenvalue weighted by atomic mass is 10.1. The number of carbonyl (C=O) groups is 1. The molecule has 3 aromatic carbocycles. The van der Waals surface area contributed by atoms with Gasteiger partial charge >= 0.3 is 6.03 Å². The third-order valence-corrected chi connectivity index (χ3v) is 6.40. The number of rotatable bonds is 7. The van der Waals surface area contributed by atoms with E-state index >= 15 is 4.39 Å². The molecule has 1 saturated heterocycles. The van der Waals surface area contributed by atoms with Crippen molar-refractivity contribution in [2.24, 2.45) is 0 Å². The molecule has 1 unspecified atom stereocenters. The van der Waals surface area contributed by atoms with E-state index in [1.807, 2.05) is 0 Å². The predicted molar refractivity (Wildman–Crippen MR) is 141 cm³/mol. The Kier molecular flexibility index (Phi) is 7.19. The highest BCUT2D eigenvalue weighted by molar-refractivity contribution is 5.95. The maximum Gasteiger partial charge on any atom is 0.319 e. The normalized spacial score (nSPS) is 16.0. The number of urea groups is 1. The summed E-state index contributed by atoms with van der Waals surface area (Å²) in [6.07, 6.45) is 2.22. The van der Waals surface area contributed by atoms with E-state index in [2.05, 4.69) is 15.6 Å². The molecular weight excluding hydrogens is 524 g/mol. The molecule has 9 nitrogen and oxygen atoms in total. The van der Waals surface area contributed by atoms with E-state index in [0.717, 1.165) is 18.1 Å². The van der Waals surface area contributed by atoms with Crippen molar-refractivity contribution in [3.8, 4) is 28.7 Å². The molecule has 2 amide bonds. The number of ether oxygens (including phenoxy) is 5. The largest absolute Gasteiger partial charge is 0.485 e. The second kappa shape index (κ2) is 11.2. The van der Waals surface area contributed by atoms with Gasteiger partial charge in [-0.05, 0) is 35.9 Å². The summed E-state index contributed by atoms with van der Waals surface area (Å²) in [6.45, 7) is 1.98. The Morgan fingerprint density at radius 3 is 2.55 bits per heavy atom. The highest BCUT2D eigenvalue weighted by atomic mass is 19.1. The third kappa shape index (κ3) is 5.55.